The monoisotopic (exact) mass is 331 g/mol. The molecule has 0 aliphatic heterocycles. The van der Waals surface area contributed by atoms with E-state index >= 15 is 0 Å². The first-order valence-electron chi connectivity index (χ1n) is 7.74. The number of hydrogen-bond acceptors (Lipinski definition) is 4. The van der Waals surface area contributed by atoms with Crippen molar-refractivity contribution in [2.24, 2.45) is 0 Å². The van der Waals surface area contributed by atoms with Crippen molar-refractivity contribution in [1.82, 2.24) is 0 Å². The van der Waals surface area contributed by atoms with Crippen molar-refractivity contribution in [2.75, 3.05) is 26.0 Å². The van der Waals surface area contributed by atoms with Gasteiger partial charge in [0.2, 0.25) is 0 Å². The molecule has 0 saturated heterocycles. The van der Waals surface area contributed by atoms with E-state index < -0.39 is 5.97 Å². The van der Waals surface area contributed by atoms with Crippen molar-refractivity contribution in [3.63, 3.8) is 0 Å². The first-order chi connectivity index (χ1) is 11.4. The summed E-state index contributed by atoms with van der Waals surface area (Å²) < 4.78 is 10.3. The second-order valence-electron chi connectivity index (χ2n) is 5.90. The fourth-order valence-electron chi connectivity index (χ4n) is 2.42. The molecule has 0 fully saturated rings. The Labute approximate surface area is 141 Å². The Balaban J connectivity index is 1.90. The summed E-state index contributed by atoms with van der Waals surface area (Å²) in [6.45, 7) is 4.51. The second-order valence-corrected chi connectivity index (χ2v) is 5.90. The molecule has 2 N–H and O–H groups in total. The number of rotatable bonds is 6. The van der Waals surface area contributed by atoms with Gasteiger partial charge in [-0.15, -0.1) is 0 Å². The number of carbonyl (C=O) groups excluding carboxylic acids is 2. The highest BCUT2D eigenvalue weighted by Gasteiger charge is 2.18. The van der Waals surface area contributed by atoms with Crippen LogP contribution in [-0.2, 0) is 16.1 Å². The van der Waals surface area contributed by atoms with Crippen LogP contribution in [0.1, 0.15) is 27.4 Å². The summed E-state index contributed by atoms with van der Waals surface area (Å²) >= 11 is 0. The molecule has 1 amide bonds. The van der Waals surface area contributed by atoms with E-state index in [1.54, 1.807) is 13.0 Å². The highest BCUT2D eigenvalue weighted by molar-refractivity contribution is 5.91. The molecular formula is C18H23N2O4+. The molecule has 1 aromatic carbocycles. The third-order valence-electron chi connectivity index (χ3n) is 3.65. The number of nitrogens with one attached hydrogen (secondary N) is 2. The van der Waals surface area contributed by atoms with Crippen molar-refractivity contribution in [2.45, 2.75) is 20.4 Å². The fraction of sp³-hybridized carbons (Fsp3) is 0.333. The number of methoxy groups -OCH3 is 1. The Kier molecular flexibility index (Phi) is 5.76. The van der Waals surface area contributed by atoms with E-state index in [4.69, 9.17) is 9.15 Å². The maximum absolute atomic E-state index is 12.1. The molecule has 128 valence electrons. The highest BCUT2D eigenvalue weighted by atomic mass is 16.5. The molecule has 2 rings (SSSR count). The van der Waals surface area contributed by atoms with Crippen molar-refractivity contribution in [3.8, 4) is 0 Å². The van der Waals surface area contributed by atoms with E-state index in [0.29, 0.717) is 30.2 Å². The molecular weight excluding hydrogens is 308 g/mol. The molecule has 0 aliphatic rings. The van der Waals surface area contributed by atoms with Crippen LogP contribution >= 0.6 is 0 Å². The SMILES string of the molecule is COC(=O)c1cc(C[NH+](C)CC(=O)Nc2ccc(C)cc2)oc1C. The van der Waals surface area contributed by atoms with Crippen molar-refractivity contribution >= 4 is 17.6 Å². The molecule has 2 aromatic rings. The van der Waals surface area contributed by atoms with Crippen LogP contribution in [0.25, 0.3) is 0 Å². The zero-order valence-corrected chi connectivity index (χ0v) is 14.4. The van der Waals surface area contributed by atoms with Crippen LogP contribution in [0.3, 0.4) is 0 Å². The number of benzene rings is 1. The molecule has 6 heteroatoms. The third-order valence-corrected chi connectivity index (χ3v) is 3.65. The molecule has 1 aromatic heterocycles. The van der Waals surface area contributed by atoms with E-state index in [1.807, 2.05) is 38.2 Å². The largest absolute Gasteiger partial charge is 0.465 e. The van der Waals surface area contributed by atoms with E-state index in [0.717, 1.165) is 16.2 Å². The van der Waals surface area contributed by atoms with E-state index in [2.05, 4.69) is 5.32 Å². The van der Waals surface area contributed by atoms with Crippen molar-refractivity contribution in [3.05, 3.63) is 53.0 Å². The lowest BCUT2D eigenvalue weighted by molar-refractivity contribution is -0.886. The normalized spacial score (nSPS) is 11.8. The number of hydrogen-bond donors (Lipinski definition) is 2. The first kappa shape index (κ1) is 17.7. The van der Waals surface area contributed by atoms with Gasteiger partial charge in [-0.2, -0.15) is 0 Å². The van der Waals surface area contributed by atoms with E-state index in [-0.39, 0.29) is 5.91 Å². The predicted molar refractivity (Wildman–Crippen MR) is 90.1 cm³/mol. The molecule has 1 unspecified atom stereocenters. The number of likely N-dealkylation sites (N-methyl/N-ethyl adjacent to an activating group) is 1. The van der Waals surface area contributed by atoms with Crippen LogP contribution in [0.2, 0.25) is 0 Å². The number of amides is 1. The maximum atomic E-state index is 12.1. The molecule has 0 radical (unpaired) electrons. The number of ether oxygens (including phenoxy) is 1. The van der Waals surface area contributed by atoms with Gasteiger partial charge in [0.05, 0.1) is 14.2 Å². The first-order valence-corrected chi connectivity index (χ1v) is 7.74. The summed E-state index contributed by atoms with van der Waals surface area (Å²) in [5.74, 6) is 0.674. The van der Waals surface area contributed by atoms with Crippen molar-refractivity contribution < 1.29 is 23.6 Å². The fourth-order valence-corrected chi connectivity index (χ4v) is 2.42. The Morgan fingerprint density at radius 1 is 1.21 bits per heavy atom. The topological polar surface area (TPSA) is 73.0 Å². The summed E-state index contributed by atoms with van der Waals surface area (Å²) in [4.78, 5) is 24.6. The summed E-state index contributed by atoms with van der Waals surface area (Å²) in [6.07, 6.45) is 0. The van der Waals surface area contributed by atoms with Gasteiger partial charge < -0.3 is 19.4 Å². The molecule has 0 spiro atoms. The van der Waals surface area contributed by atoms with Gasteiger partial charge in [0, 0.05) is 11.8 Å². The summed E-state index contributed by atoms with van der Waals surface area (Å²) in [5, 5.41) is 2.87. The predicted octanol–water partition coefficient (Wildman–Crippen LogP) is 1.34. The zero-order chi connectivity index (χ0) is 17.7. The number of aryl methyl sites for hydroxylation is 2. The van der Waals surface area contributed by atoms with Gasteiger partial charge in [0.25, 0.3) is 5.91 Å². The molecule has 1 atom stereocenters. The van der Waals surface area contributed by atoms with Crippen LogP contribution in [0, 0.1) is 13.8 Å². The Morgan fingerprint density at radius 2 is 1.88 bits per heavy atom. The van der Waals surface area contributed by atoms with Gasteiger partial charge in [-0.05, 0) is 26.0 Å². The average Bonchev–Trinajstić information content (AvgIpc) is 2.89. The average molecular weight is 331 g/mol. The molecule has 0 aliphatic carbocycles. The summed E-state index contributed by atoms with van der Waals surface area (Å²) in [5.41, 5.74) is 2.34. The number of quaternary nitrogens is 1. The smallest absolute Gasteiger partial charge is 0.341 e. The lowest BCUT2D eigenvalue weighted by Gasteiger charge is -2.12. The van der Waals surface area contributed by atoms with Gasteiger partial charge in [-0.3, -0.25) is 4.79 Å². The van der Waals surface area contributed by atoms with Gasteiger partial charge in [0.15, 0.2) is 12.3 Å². The van der Waals surface area contributed by atoms with Crippen LogP contribution in [-0.4, -0.2) is 32.6 Å². The minimum absolute atomic E-state index is 0.0761. The molecule has 1 heterocycles. The molecule has 24 heavy (non-hydrogen) atoms. The number of carbonyl (C=O) groups is 2. The molecule has 6 nitrogen and oxygen atoms in total. The number of anilines is 1. The van der Waals surface area contributed by atoms with E-state index in [9.17, 15) is 9.59 Å². The van der Waals surface area contributed by atoms with Crippen LogP contribution < -0.4 is 10.2 Å². The van der Waals surface area contributed by atoms with E-state index in [1.165, 1.54) is 7.11 Å². The standard InChI is InChI=1S/C18H22N2O4/c1-12-5-7-14(8-6-12)19-17(21)11-20(3)10-15-9-16(13(2)24-15)18(22)23-4/h5-9H,10-11H2,1-4H3,(H,19,21)/p+1. The Bertz CT molecular complexity index is 719. The molecule has 0 bridgehead atoms. The minimum Gasteiger partial charge on any atom is -0.465 e. The van der Waals surface area contributed by atoms with Crippen LogP contribution in [0.4, 0.5) is 5.69 Å². The second kappa shape index (κ2) is 7.79. The van der Waals surface area contributed by atoms with Gasteiger partial charge in [-0.25, -0.2) is 4.79 Å². The Hall–Kier alpha value is -2.60. The minimum atomic E-state index is -0.419. The van der Waals surface area contributed by atoms with Crippen LogP contribution in [0.15, 0.2) is 34.7 Å². The Morgan fingerprint density at radius 3 is 2.50 bits per heavy atom. The number of furan rings is 1. The van der Waals surface area contributed by atoms with Gasteiger partial charge in [-0.1, -0.05) is 17.7 Å². The summed E-state index contributed by atoms with van der Waals surface area (Å²) in [7, 11) is 3.23. The lowest BCUT2D eigenvalue weighted by Crippen LogP contribution is -3.08. The van der Waals surface area contributed by atoms with Gasteiger partial charge in [0.1, 0.15) is 17.9 Å². The van der Waals surface area contributed by atoms with Gasteiger partial charge >= 0.3 is 5.97 Å². The zero-order valence-electron chi connectivity index (χ0n) is 14.4. The lowest BCUT2D eigenvalue weighted by atomic mass is 10.2. The third kappa shape index (κ3) is 4.70. The van der Waals surface area contributed by atoms with Crippen LogP contribution in [0.5, 0.6) is 0 Å². The maximum Gasteiger partial charge on any atom is 0.341 e. The van der Waals surface area contributed by atoms with Crippen molar-refractivity contribution in [1.29, 1.82) is 0 Å². The highest BCUT2D eigenvalue weighted by Crippen LogP contribution is 2.14. The summed E-state index contributed by atoms with van der Waals surface area (Å²) in [6, 6.07) is 9.32. The quantitative estimate of drug-likeness (QED) is 0.784. The molecule has 0 saturated carbocycles. The number of esters is 1.